The van der Waals surface area contributed by atoms with Crippen LogP contribution in [0, 0.1) is 26.3 Å². The monoisotopic (exact) mass is 442 g/mol. The SMILES string of the molecule is Cc1ccc(S(=O)(=O)OI(C#CC(C)C)c2ccccc2)cc1. The van der Waals surface area contributed by atoms with Crippen molar-refractivity contribution in [3.8, 4) is 9.85 Å². The summed E-state index contributed by atoms with van der Waals surface area (Å²) in [6.45, 7) is 5.86. The van der Waals surface area contributed by atoms with E-state index in [0.717, 1.165) is 9.13 Å². The van der Waals surface area contributed by atoms with Gasteiger partial charge in [0.2, 0.25) is 0 Å². The van der Waals surface area contributed by atoms with Crippen molar-refractivity contribution in [1.29, 1.82) is 0 Å². The van der Waals surface area contributed by atoms with Gasteiger partial charge in [0, 0.05) is 0 Å². The van der Waals surface area contributed by atoms with Crippen LogP contribution < -0.4 is 0 Å². The molecule has 3 nitrogen and oxygen atoms in total. The molecule has 2 aromatic rings. The number of aryl methyl sites for hydroxylation is 1. The first kappa shape index (κ1) is 18.0. The summed E-state index contributed by atoms with van der Waals surface area (Å²) in [6.07, 6.45) is 0. The maximum atomic E-state index is 12.5. The first-order chi connectivity index (χ1) is 10.9. The number of hydrogen-bond acceptors (Lipinski definition) is 3. The van der Waals surface area contributed by atoms with Gasteiger partial charge >= 0.3 is 146 Å². The summed E-state index contributed by atoms with van der Waals surface area (Å²) in [5.41, 5.74) is 1.00. The van der Waals surface area contributed by atoms with Crippen molar-refractivity contribution in [3.63, 3.8) is 0 Å². The van der Waals surface area contributed by atoms with Gasteiger partial charge in [0.05, 0.1) is 0 Å². The third-order valence-electron chi connectivity index (χ3n) is 2.82. The summed E-state index contributed by atoms with van der Waals surface area (Å²) in [6, 6.07) is 16.1. The Balaban J connectivity index is 2.34. The van der Waals surface area contributed by atoms with Gasteiger partial charge in [-0.1, -0.05) is 0 Å². The molecule has 0 aliphatic rings. The zero-order chi connectivity index (χ0) is 16.9. The molecule has 23 heavy (non-hydrogen) atoms. The van der Waals surface area contributed by atoms with E-state index in [-0.39, 0.29) is 10.8 Å². The fraction of sp³-hybridized carbons (Fsp3) is 0.222. The topological polar surface area (TPSA) is 43.4 Å². The van der Waals surface area contributed by atoms with Gasteiger partial charge in [-0.05, 0) is 0 Å². The van der Waals surface area contributed by atoms with E-state index >= 15 is 0 Å². The van der Waals surface area contributed by atoms with E-state index in [9.17, 15) is 8.42 Å². The van der Waals surface area contributed by atoms with E-state index in [4.69, 9.17) is 2.51 Å². The molecule has 0 atom stereocenters. The number of halogens is 1. The average molecular weight is 442 g/mol. The maximum absolute atomic E-state index is 12.5. The summed E-state index contributed by atoms with van der Waals surface area (Å²) >= 11 is -2.61. The van der Waals surface area contributed by atoms with Gasteiger partial charge in [0.25, 0.3) is 0 Å². The molecule has 0 spiro atoms. The molecule has 2 rings (SSSR count). The van der Waals surface area contributed by atoms with Crippen molar-refractivity contribution >= 4 is 30.4 Å². The Labute approximate surface area is 146 Å². The van der Waals surface area contributed by atoms with E-state index < -0.39 is 30.4 Å². The molecule has 0 aromatic heterocycles. The number of hydrogen-bond donors (Lipinski definition) is 0. The van der Waals surface area contributed by atoms with Crippen molar-refractivity contribution in [3.05, 3.63) is 63.7 Å². The van der Waals surface area contributed by atoms with Gasteiger partial charge < -0.3 is 0 Å². The van der Waals surface area contributed by atoms with Gasteiger partial charge in [0.1, 0.15) is 0 Å². The summed E-state index contributed by atoms with van der Waals surface area (Å²) in [7, 11) is -3.81. The van der Waals surface area contributed by atoms with Crippen molar-refractivity contribution in [1.82, 2.24) is 0 Å². The molecular weight excluding hydrogens is 423 g/mol. The first-order valence-electron chi connectivity index (χ1n) is 7.16. The van der Waals surface area contributed by atoms with Gasteiger partial charge in [-0.25, -0.2) is 0 Å². The molecule has 0 bridgehead atoms. The van der Waals surface area contributed by atoms with Crippen LogP contribution in [0.5, 0.6) is 0 Å². The van der Waals surface area contributed by atoms with Gasteiger partial charge in [-0.15, -0.1) is 0 Å². The van der Waals surface area contributed by atoms with Crippen molar-refractivity contribution in [2.45, 2.75) is 25.7 Å². The third-order valence-corrected chi connectivity index (χ3v) is 9.11. The van der Waals surface area contributed by atoms with Crippen molar-refractivity contribution in [2.24, 2.45) is 5.92 Å². The molecule has 0 unspecified atom stereocenters. The molecule has 0 aliphatic heterocycles. The first-order valence-corrected chi connectivity index (χ1v) is 11.6. The Morgan fingerprint density at radius 3 is 2.17 bits per heavy atom. The summed E-state index contributed by atoms with van der Waals surface area (Å²) < 4.78 is 34.6. The van der Waals surface area contributed by atoms with Crippen LogP contribution in [0.1, 0.15) is 19.4 Å². The summed E-state index contributed by atoms with van der Waals surface area (Å²) in [4.78, 5) is 0.174. The van der Waals surface area contributed by atoms with E-state index in [2.05, 4.69) is 9.85 Å². The van der Waals surface area contributed by atoms with Crippen molar-refractivity contribution < 1.29 is 10.9 Å². The van der Waals surface area contributed by atoms with E-state index in [1.165, 1.54) is 0 Å². The molecule has 0 aliphatic carbocycles. The second-order valence-corrected chi connectivity index (χ2v) is 11.1. The zero-order valence-corrected chi connectivity index (χ0v) is 16.3. The zero-order valence-electron chi connectivity index (χ0n) is 13.3. The minimum absolute atomic E-state index is 0.171. The van der Waals surface area contributed by atoms with Crippen LogP contribution >= 0.6 is 20.2 Å². The molecule has 0 saturated carbocycles. The molecule has 2 aromatic carbocycles. The molecule has 122 valence electrons. The van der Waals surface area contributed by atoms with Crippen LogP contribution in [0.4, 0.5) is 0 Å². The van der Waals surface area contributed by atoms with Crippen LogP contribution in [0.15, 0.2) is 59.5 Å². The second kappa shape index (κ2) is 7.95. The van der Waals surface area contributed by atoms with Crippen LogP contribution in [-0.2, 0) is 12.6 Å². The van der Waals surface area contributed by atoms with E-state index in [1.54, 1.807) is 24.3 Å². The van der Waals surface area contributed by atoms with Gasteiger partial charge in [0.15, 0.2) is 0 Å². The van der Waals surface area contributed by atoms with E-state index in [1.807, 2.05) is 51.1 Å². The summed E-state index contributed by atoms with van der Waals surface area (Å²) in [5.74, 6) is 3.23. The van der Waals surface area contributed by atoms with Gasteiger partial charge in [-0.2, -0.15) is 0 Å². The molecule has 0 heterocycles. The molecule has 0 saturated heterocycles. The molecular formula is C18H19IO3S. The Morgan fingerprint density at radius 1 is 1.00 bits per heavy atom. The Bertz CT molecular complexity index is 801. The fourth-order valence-corrected chi connectivity index (χ4v) is 7.65. The molecule has 0 N–H and O–H groups in total. The quantitative estimate of drug-likeness (QED) is 0.513. The fourth-order valence-electron chi connectivity index (χ4n) is 1.62. The Hall–Kier alpha value is -1.36. The predicted octanol–water partition coefficient (Wildman–Crippen LogP) is 4.61. The van der Waals surface area contributed by atoms with Crippen molar-refractivity contribution in [2.75, 3.05) is 0 Å². The molecule has 5 heteroatoms. The van der Waals surface area contributed by atoms with Crippen LogP contribution in [0.3, 0.4) is 0 Å². The minimum atomic E-state index is -3.81. The normalized spacial score (nSPS) is 11.7. The standard InChI is InChI=1S/C18H19IO3S/c1-15(2)13-14-19(17-7-5-4-6-8-17)22-23(20,21)18-11-9-16(3)10-12-18/h4-12,15H,1-3H3. The second-order valence-electron chi connectivity index (χ2n) is 5.27. The van der Waals surface area contributed by atoms with Gasteiger partial charge in [-0.3, -0.25) is 0 Å². The molecule has 0 radical (unpaired) electrons. The Kier molecular flexibility index (Phi) is 6.22. The number of benzene rings is 2. The van der Waals surface area contributed by atoms with Crippen LogP contribution in [-0.4, -0.2) is 8.42 Å². The Morgan fingerprint density at radius 2 is 1.61 bits per heavy atom. The summed E-state index contributed by atoms with van der Waals surface area (Å²) in [5, 5.41) is 0. The van der Waals surface area contributed by atoms with Crippen LogP contribution in [0.25, 0.3) is 0 Å². The average Bonchev–Trinajstić information content (AvgIpc) is 2.52. The number of rotatable bonds is 4. The molecule has 0 amide bonds. The van der Waals surface area contributed by atoms with Crippen LogP contribution in [0.2, 0.25) is 0 Å². The third kappa shape index (κ3) is 5.34. The van der Waals surface area contributed by atoms with E-state index in [0.29, 0.717) is 0 Å². The predicted molar refractivity (Wildman–Crippen MR) is 101 cm³/mol. The molecule has 0 fully saturated rings.